The molecule has 0 bridgehead atoms. The molecule has 2 heterocycles. The van der Waals surface area contributed by atoms with Crippen molar-refractivity contribution in [1.29, 1.82) is 0 Å². The summed E-state index contributed by atoms with van der Waals surface area (Å²) in [6.45, 7) is 7.90. The van der Waals surface area contributed by atoms with E-state index in [0.29, 0.717) is 12.1 Å². The lowest BCUT2D eigenvalue weighted by Crippen LogP contribution is -2.34. The highest BCUT2D eigenvalue weighted by molar-refractivity contribution is 5.83. The van der Waals surface area contributed by atoms with E-state index in [9.17, 15) is 20.1 Å². The maximum absolute atomic E-state index is 11.2. The third kappa shape index (κ3) is 4.61. The van der Waals surface area contributed by atoms with Crippen LogP contribution in [0.2, 0.25) is 0 Å². The van der Waals surface area contributed by atoms with Crippen LogP contribution in [0.15, 0.2) is 48.9 Å². The summed E-state index contributed by atoms with van der Waals surface area (Å²) < 4.78 is 6.91. The summed E-state index contributed by atoms with van der Waals surface area (Å²) in [7, 11) is 0. The van der Waals surface area contributed by atoms with E-state index >= 15 is 0 Å². The molecule has 0 aliphatic rings. The third-order valence-electron chi connectivity index (χ3n) is 3.96. The first-order valence-electron chi connectivity index (χ1n) is 9.25. The highest BCUT2D eigenvalue weighted by atomic mass is 16.8. The molecule has 3 rings (SSSR count). The SMILES string of the molecule is CC.CC(C)c1nccn1-c1ncccc1C(O)(O)Oc1cccc(O)c1C=O. The van der Waals surface area contributed by atoms with Crippen LogP contribution in [0.25, 0.3) is 5.82 Å². The fourth-order valence-electron chi connectivity index (χ4n) is 2.71. The first-order valence-corrected chi connectivity index (χ1v) is 9.25. The van der Waals surface area contributed by atoms with Gasteiger partial charge in [-0.15, -0.1) is 0 Å². The number of imidazole rings is 1. The Balaban J connectivity index is 0.00000145. The lowest BCUT2D eigenvalue weighted by Gasteiger charge is -2.26. The topological polar surface area (TPSA) is 118 Å². The zero-order chi connectivity index (χ0) is 21.6. The monoisotopic (exact) mass is 399 g/mol. The number of pyridine rings is 1. The molecule has 8 heteroatoms. The van der Waals surface area contributed by atoms with Gasteiger partial charge in [-0.25, -0.2) is 9.97 Å². The predicted molar refractivity (Wildman–Crippen MR) is 107 cm³/mol. The molecule has 1 aromatic carbocycles. The molecule has 0 atom stereocenters. The van der Waals surface area contributed by atoms with Crippen molar-refractivity contribution in [3.63, 3.8) is 0 Å². The molecule has 0 saturated heterocycles. The van der Waals surface area contributed by atoms with Gasteiger partial charge in [0, 0.05) is 24.5 Å². The zero-order valence-corrected chi connectivity index (χ0v) is 16.8. The lowest BCUT2D eigenvalue weighted by atomic mass is 10.1. The van der Waals surface area contributed by atoms with Crippen molar-refractivity contribution < 1.29 is 24.9 Å². The minimum absolute atomic E-state index is 0.0508. The fourth-order valence-corrected chi connectivity index (χ4v) is 2.71. The molecule has 0 unspecified atom stereocenters. The zero-order valence-electron chi connectivity index (χ0n) is 16.8. The predicted octanol–water partition coefficient (Wildman–Crippen LogP) is 3.11. The van der Waals surface area contributed by atoms with Crippen LogP contribution in [0.1, 0.15) is 55.4 Å². The quantitative estimate of drug-likeness (QED) is 0.430. The average Bonchev–Trinajstić information content (AvgIpc) is 3.20. The molecule has 0 aliphatic heterocycles. The van der Waals surface area contributed by atoms with E-state index in [-0.39, 0.29) is 34.4 Å². The number of aromatic nitrogens is 3. The van der Waals surface area contributed by atoms with Gasteiger partial charge in [0.15, 0.2) is 12.1 Å². The Kier molecular flexibility index (Phi) is 7.08. The molecule has 154 valence electrons. The summed E-state index contributed by atoms with van der Waals surface area (Å²) in [5.74, 6) is -2.36. The number of ether oxygens (including phenoxy) is 1. The van der Waals surface area contributed by atoms with Crippen molar-refractivity contribution >= 4 is 6.29 Å². The summed E-state index contributed by atoms with van der Waals surface area (Å²) in [6, 6.07) is 7.03. The number of hydrogen-bond donors (Lipinski definition) is 3. The molecule has 3 aromatic rings. The van der Waals surface area contributed by atoms with E-state index in [1.54, 1.807) is 17.0 Å². The molecule has 29 heavy (non-hydrogen) atoms. The van der Waals surface area contributed by atoms with E-state index in [1.165, 1.54) is 36.5 Å². The number of phenolic OH excluding ortho intramolecular Hbond substituents is 1. The highest BCUT2D eigenvalue weighted by Gasteiger charge is 2.34. The molecule has 0 saturated carbocycles. The second-order valence-electron chi connectivity index (χ2n) is 6.20. The van der Waals surface area contributed by atoms with E-state index in [1.807, 2.05) is 27.7 Å². The van der Waals surface area contributed by atoms with E-state index in [4.69, 9.17) is 4.74 Å². The Morgan fingerprint density at radius 1 is 1.10 bits per heavy atom. The number of aromatic hydroxyl groups is 1. The van der Waals surface area contributed by atoms with Crippen molar-refractivity contribution in [2.45, 2.75) is 39.6 Å². The van der Waals surface area contributed by atoms with Crippen molar-refractivity contribution in [3.8, 4) is 17.3 Å². The van der Waals surface area contributed by atoms with Crippen LogP contribution in [0.4, 0.5) is 0 Å². The molecule has 3 N–H and O–H groups in total. The van der Waals surface area contributed by atoms with Crippen LogP contribution in [0.5, 0.6) is 11.5 Å². The van der Waals surface area contributed by atoms with Crippen molar-refractivity contribution in [1.82, 2.24) is 14.5 Å². The Morgan fingerprint density at radius 2 is 1.83 bits per heavy atom. The molecule has 0 aliphatic carbocycles. The van der Waals surface area contributed by atoms with Gasteiger partial charge in [-0.05, 0) is 24.3 Å². The molecule has 0 amide bonds. The number of nitrogens with zero attached hydrogens (tertiary/aromatic N) is 3. The number of phenols is 1. The number of aldehydes is 1. The molecule has 0 spiro atoms. The minimum atomic E-state index is -2.81. The average molecular weight is 399 g/mol. The summed E-state index contributed by atoms with van der Waals surface area (Å²) in [5, 5.41) is 31.0. The van der Waals surface area contributed by atoms with Crippen LogP contribution in [-0.4, -0.2) is 36.1 Å². The molecule has 2 aromatic heterocycles. The summed E-state index contributed by atoms with van der Waals surface area (Å²) in [4.78, 5) is 19.7. The second-order valence-corrected chi connectivity index (χ2v) is 6.20. The Hall–Kier alpha value is -3.23. The minimum Gasteiger partial charge on any atom is -0.507 e. The second kappa shape index (κ2) is 9.31. The van der Waals surface area contributed by atoms with Crippen LogP contribution >= 0.6 is 0 Å². The molecular weight excluding hydrogens is 374 g/mol. The molecule has 0 fully saturated rings. The lowest BCUT2D eigenvalue weighted by molar-refractivity contribution is -0.304. The summed E-state index contributed by atoms with van der Waals surface area (Å²) in [5.41, 5.74) is -0.244. The number of hydrogen-bond acceptors (Lipinski definition) is 7. The fraction of sp³-hybridized carbons (Fsp3) is 0.286. The normalized spacial score (nSPS) is 11.0. The summed E-state index contributed by atoms with van der Waals surface area (Å²) in [6.07, 6.45) is 5.12. The van der Waals surface area contributed by atoms with Gasteiger partial charge in [0.1, 0.15) is 17.3 Å². The smallest absolute Gasteiger partial charge is 0.355 e. The number of benzene rings is 1. The Bertz CT molecular complexity index is 966. The van der Waals surface area contributed by atoms with Gasteiger partial charge in [-0.2, -0.15) is 0 Å². The Labute approximate surface area is 169 Å². The van der Waals surface area contributed by atoms with E-state index < -0.39 is 5.97 Å². The molecule has 0 radical (unpaired) electrons. The standard InChI is InChI=1S/C19H19N3O5.C2H6/c1-12(2)17-21-9-10-22(17)18-14(5-4-8-20-18)19(25,26)27-16-7-3-6-15(24)13(16)11-23;1-2/h3-12,24-26H,1-2H3;1-2H3. The van der Waals surface area contributed by atoms with Crippen LogP contribution < -0.4 is 4.74 Å². The van der Waals surface area contributed by atoms with Crippen LogP contribution in [-0.2, 0) is 5.97 Å². The summed E-state index contributed by atoms with van der Waals surface area (Å²) >= 11 is 0. The van der Waals surface area contributed by atoms with Crippen molar-refractivity contribution in [2.75, 3.05) is 0 Å². The number of carbonyl (C=O) groups is 1. The third-order valence-corrected chi connectivity index (χ3v) is 3.96. The van der Waals surface area contributed by atoms with Crippen LogP contribution in [0, 0.1) is 0 Å². The molecular formula is C21H25N3O5. The highest BCUT2D eigenvalue weighted by Crippen LogP contribution is 2.32. The maximum atomic E-state index is 11.2. The van der Waals surface area contributed by atoms with Gasteiger partial charge in [0.05, 0.1) is 11.1 Å². The molecule has 8 nitrogen and oxygen atoms in total. The first-order chi connectivity index (χ1) is 13.8. The van der Waals surface area contributed by atoms with Crippen molar-refractivity contribution in [3.05, 3.63) is 65.9 Å². The maximum Gasteiger partial charge on any atom is 0.355 e. The first kappa shape index (κ1) is 22.1. The number of rotatable bonds is 6. The van der Waals surface area contributed by atoms with E-state index in [0.717, 1.165) is 0 Å². The van der Waals surface area contributed by atoms with Crippen LogP contribution in [0.3, 0.4) is 0 Å². The van der Waals surface area contributed by atoms with Gasteiger partial charge in [0.2, 0.25) is 0 Å². The Morgan fingerprint density at radius 3 is 2.48 bits per heavy atom. The van der Waals surface area contributed by atoms with Gasteiger partial charge in [-0.3, -0.25) is 9.36 Å². The van der Waals surface area contributed by atoms with Gasteiger partial charge < -0.3 is 20.1 Å². The largest absolute Gasteiger partial charge is 0.507 e. The van der Waals surface area contributed by atoms with Gasteiger partial charge in [-0.1, -0.05) is 33.8 Å². The van der Waals surface area contributed by atoms with Crippen molar-refractivity contribution in [2.24, 2.45) is 0 Å². The van der Waals surface area contributed by atoms with Gasteiger partial charge in [0.25, 0.3) is 0 Å². The number of aliphatic hydroxyl groups is 2. The van der Waals surface area contributed by atoms with Gasteiger partial charge >= 0.3 is 5.97 Å². The number of carbonyl (C=O) groups excluding carboxylic acids is 1. The van der Waals surface area contributed by atoms with E-state index in [2.05, 4.69) is 9.97 Å².